The van der Waals surface area contributed by atoms with Gasteiger partial charge in [0, 0.05) is 0 Å². The summed E-state index contributed by atoms with van der Waals surface area (Å²) in [5.74, 6) is 0.534. The number of carbonyl (C=O) groups is 1. The average Bonchev–Trinajstić information content (AvgIpc) is 2.36. The lowest BCUT2D eigenvalue weighted by Gasteiger charge is -2.12. The Morgan fingerprint density at radius 2 is 1.74 bits per heavy atom. The minimum atomic E-state index is -0.0232. The molecule has 0 spiro atoms. The highest BCUT2D eigenvalue weighted by Crippen LogP contribution is 2.33. The van der Waals surface area contributed by atoms with Gasteiger partial charge in [-0.3, -0.25) is 4.79 Å². The molecule has 3 heteroatoms. The van der Waals surface area contributed by atoms with E-state index in [4.69, 9.17) is 0 Å². The number of nitrogens with zero attached hydrogens (tertiary/aromatic N) is 1. The van der Waals surface area contributed by atoms with Crippen LogP contribution in [-0.4, -0.2) is 16.6 Å². The van der Waals surface area contributed by atoms with E-state index in [9.17, 15) is 9.90 Å². The van der Waals surface area contributed by atoms with Crippen molar-refractivity contribution < 1.29 is 9.90 Å². The molecule has 1 aliphatic carbocycles. The van der Waals surface area contributed by atoms with Crippen molar-refractivity contribution in [1.82, 2.24) is 0 Å². The fraction of sp³-hybridized carbons (Fsp3) is 0.250. The number of benzene rings is 1. The third-order valence-electron chi connectivity index (χ3n) is 3.05. The number of aliphatic imine (C=N–C) groups is 1. The maximum absolute atomic E-state index is 11.1. The molecule has 1 N–H and O–H groups in total. The first-order valence-electron chi connectivity index (χ1n) is 6.29. The minimum absolute atomic E-state index is 0.0232. The number of aromatic hydroxyl groups is 1. The van der Waals surface area contributed by atoms with E-state index in [0.717, 1.165) is 22.5 Å². The van der Waals surface area contributed by atoms with Crippen molar-refractivity contribution in [2.45, 2.75) is 26.7 Å². The van der Waals surface area contributed by atoms with Crippen LogP contribution in [0.1, 0.15) is 30.9 Å². The molecule has 0 fully saturated rings. The molecule has 0 saturated carbocycles. The van der Waals surface area contributed by atoms with Crippen LogP contribution in [0, 0.1) is 6.92 Å². The van der Waals surface area contributed by atoms with Gasteiger partial charge in [-0.2, -0.15) is 0 Å². The maximum Gasteiger partial charge on any atom is 0.178 e. The summed E-state index contributed by atoms with van der Waals surface area (Å²) in [6.45, 7) is 5.97. The summed E-state index contributed by atoms with van der Waals surface area (Å²) in [5.41, 5.74) is 3.37. The van der Waals surface area contributed by atoms with E-state index in [0.29, 0.717) is 0 Å². The molecule has 0 atom stereocenters. The number of phenols is 1. The first kappa shape index (κ1) is 13.3. The fourth-order valence-electron chi connectivity index (χ4n) is 1.92. The zero-order valence-electron chi connectivity index (χ0n) is 11.3. The van der Waals surface area contributed by atoms with E-state index >= 15 is 0 Å². The molecule has 19 heavy (non-hydrogen) atoms. The SMILES string of the molecule is Cc1cc(N=C2C=CC(=O)C=C2)c(C(C)C)cc1O. The van der Waals surface area contributed by atoms with Crippen molar-refractivity contribution in [2.24, 2.45) is 4.99 Å². The van der Waals surface area contributed by atoms with Crippen LogP contribution in [0.15, 0.2) is 41.4 Å². The lowest BCUT2D eigenvalue weighted by atomic mass is 9.98. The lowest BCUT2D eigenvalue weighted by Crippen LogP contribution is -1.99. The summed E-state index contributed by atoms with van der Waals surface area (Å²) in [4.78, 5) is 15.6. The molecule has 0 saturated heterocycles. The number of phenolic OH excluding ortho intramolecular Hbond substituents is 1. The summed E-state index contributed by atoms with van der Waals surface area (Å²) in [6.07, 6.45) is 6.41. The van der Waals surface area contributed by atoms with Gasteiger partial charge >= 0.3 is 0 Å². The van der Waals surface area contributed by atoms with Gasteiger partial charge in [0.05, 0.1) is 11.4 Å². The van der Waals surface area contributed by atoms with Crippen LogP contribution in [0.5, 0.6) is 5.75 Å². The fourth-order valence-corrected chi connectivity index (χ4v) is 1.92. The first-order chi connectivity index (χ1) is 8.97. The highest BCUT2D eigenvalue weighted by atomic mass is 16.3. The summed E-state index contributed by atoms with van der Waals surface area (Å²) in [5, 5.41) is 9.79. The molecule has 0 bridgehead atoms. The molecule has 1 aromatic carbocycles. The molecule has 1 aromatic rings. The monoisotopic (exact) mass is 255 g/mol. The van der Waals surface area contributed by atoms with Gasteiger partial charge in [0.15, 0.2) is 5.78 Å². The zero-order chi connectivity index (χ0) is 14.0. The minimum Gasteiger partial charge on any atom is -0.508 e. The average molecular weight is 255 g/mol. The van der Waals surface area contributed by atoms with Crippen LogP contribution in [0.4, 0.5) is 5.69 Å². The number of carbonyl (C=O) groups excluding carboxylic acids is 1. The zero-order valence-corrected chi connectivity index (χ0v) is 11.3. The molecule has 3 nitrogen and oxygen atoms in total. The van der Waals surface area contributed by atoms with Gasteiger partial charge in [-0.25, -0.2) is 4.99 Å². The molecule has 0 radical (unpaired) electrons. The van der Waals surface area contributed by atoms with Gasteiger partial charge in [0.1, 0.15) is 5.75 Å². The highest BCUT2D eigenvalue weighted by Gasteiger charge is 2.10. The van der Waals surface area contributed by atoms with Crippen molar-refractivity contribution in [2.75, 3.05) is 0 Å². The first-order valence-corrected chi connectivity index (χ1v) is 6.29. The normalized spacial score (nSPS) is 14.3. The van der Waals surface area contributed by atoms with Crippen LogP contribution in [0.25, 0.3) is 0 Å². The third-order valence-corrected chi connectivity index (χ3v) is 3.05. The number of aryl methyl sites for hydroxylation is 1. The van der Waals surface area contributed by atoms with Crippen molar-refractivity contribution in [3.05, 3.63) is 47.6 Å². The van der Waals surface area contributed by atoms with E-state index in [1.807, 2.05) is 13.0 Å². The number of hydrogen-bond acceptors (Lipinski definition) is 3. The number of hydrogen-bond donors (Lipinski definition) is 1. The number of rotatable bonds is 2. The molecule has 0 aromatic heterocycles. The molecule has 0 aliphatic heterocycles. The molecule has 0 heterocycles. The second-order valence-corrected chi connectivity index (χ2v) is 4.96. The van der Waals surface area contributed by atoms with Crippen LogP contribution >= 0.6 is 0 Å². The second-order valence-electron chi connectivity index (χ2n) is 4.96. The largest absolute Gasteiger partial charge is 0.508 e. The maximum atomic E-state index is 11.1. The Labute approximate surface area is 113 Å². The Kier molecular flexibility index (Phi) is 3.65. The molecular weight excluding hydrogens is 238 g/mol. The number of ketones is 1. The van der Waals surface area contributed by atoms with Crippen molar-refractivity contribution >= 4 is 17.2 Å². The quantitative estimate of drug-likeness (QED) is 0.821. The molecule has 1 aliphatic rings. The molecule has 98 valence electrons. The predicted molar refractivity (Wildman–Crippen MR) is 77.3 cm³/mol. The third kappa shape index (κ3) is 2.99. The smallest absolute Gasteiger partial charge is 0.178 e. The van der Waals surface area contributed by atoms with Gasteiger partial charge in [-0.05, 0) is 60.4 Å². The van der Waals surface area contributed by atoms with Crippen molar-refractivity contribution in [1.29, 1.82) is 0 Å². The Hall–Kier alpha value is -2.16. The van der Waals surface area contributed by atoms with Crippen molar-refractivity contribution in [3.63, 3.8) is 0 Å². The van der Waals surface area contributed by atoms with E-state index in [2.05, 4.69) is 18.8 Å². The van der Waals surface area contributed by atoms with Crippen LogP contribution in [0.3, 0.4) is 0 Å². The molecule has 0 unspecified atom stereocenters. The van der Waals surface area contributed by atoms with E-state index in [1.165, 1.54) is 12.2 Å². The van der Waals surface area contributed by atoms with Gasteiger partial charge < -0.3 is 5.11 Å². The summed E-state index contributed by atoms with van der Waals surface area (Å²) in [7, 11) is 0. The van der Waals surface area contributed by atoms with Gasteiger partial charge in [-0.1, -0.05) is 13.8 Å². The van der Waals surface area contributed by atoms with Gasteiger partial charge in [0.2, 0.25) is 0 Å². The van der Waals surface area contributed by atoms with E-state index < -0.39 is 0 Å². The Bertz CT molecular complexity index is 589. The van der Waals surface area contributed by atoms with Gasteiger partial charge in [0.25, 0.3) is 0 Å². The van der Waals surface area contributed by atoms with Crippen LogP contribution < -0.4 is 0 Å². The standard InChI is InChI=1S/C16H17NO2/c1-10(2)14-9-16(19)11(3)8-15(14)17-12-4-6-13(18)7-5-12/h4-10,19H,1-3H3. The molecular formula is C16H17NO2. The molecule has 0 amide bonds. The summed E-state index contributed by atoms with van der Waals surface area (Å²) < 4.78 is 0. The lowest BCUT2D eigenvalue weighted by molar-refractivity contribution is -0.110. The Balaban J connectivity index is 2.48. The molecule has 2 rings (SSSR count). The van der Waals surface area contributed by atoms with Crippen LogP contribution in [0.2, 0.25) is 0 Å². The Morgan fingerprint density at radius 3 is 2.32 bits per heavy atom. The summed E-state index contributed by atoms with van der Waals surface area (Å²) >= 11 is 0. The Morgan fingerprint density at radius 1 is 1.11 bits per heavy atom. The van der Waals surface area contributed by atoms with E-state index in [1.54, 1.807) is 18.2 Å². The number of allylic oxidation sites excluding steroid dienone is 4. The summed E-state index contributed by atoms with van der Waals surface area (Å²) in [6, 6.07) is 3.64. The highest BCUT2D eigenvalue weighted by molar-refractivity contribution is 6.17. The van der Waals surface area contributed by atoms with Crippen LogP contribution in [-0.2, 0) is 4.79 Å². The van der Waals surface area contributed by atoms with Crippen molar-refractivity contribution in [3.8, 4) is 5.75 Å². The predicted octanol–water partition coefficient (Wildman–Crippen LogP) is 3.59. The van der Waals surface area contributed by atoms with Gasteiger partial charge in [-0.15, -0.1) is 0 Å². The van der Waals surface area contributed by atoms with E-state index in [-0.39, 0.29) is 17.5 Å². The topological polar surface area (TPSA) is 49.7 Å². The second kappa shape index (κ2) is 5.22.